The molecule has 1 atom stereocenters. The first-order valence-electron chi connectivity index (χ1n) is 6.54. The van der Waals surface area contributed by atoms with Crippen LogP contribution >= 0.6 is 0 Å². The van der Waals surface area contributed by atoms with E-state index in [0.29, 0.717) is 18.3 Å². The Morgan fingerprint density at radius 3 is 2.35 bits per heavy atom. The Labute approximate surface area is 105 Å². The molecule has 0 amide bonds. The van der Waals surface area contributed by atoms with Gasteiger partial charge in [-0.1, -0.05) is 26.7 Å². The molecule has 0 aromatic carbocycles. The zero-order chi connectivity index (χ0) is 12.9. The van der Waals surface area contributed by atoms with Gasteiger partial charge in [0.15, 0.2) is 0 Å². The fraction of sp³-hybridized carbons (Fsp3) is 1.00. The van der Waals surface area contributed by atoms with Crippen molar-refractivity contribution in [3.05, 3.63) is 0 Å². The van der Waals surface area contributed by atoms with Gasteiger partial charge in [0.25, 0.3) is 0 Å². The van der Waals surface area contributed by atoms with E-state index in [0.717, 1.165) is 25.7 Å². The lowest BCUT2D eigenvalue weighted by Gasteiger charge is -2.19. The summed E-state index contributed by atoms with van der Waals surface area (Å²) in [6.07, 6.45) is 5.02. The summed E-state index contributed by atoms with van der Waals surface area (Å²) in [7, 11) is -3.23. The van der Waals surface area contributed by atoms with Crippen molar-refractivity contribution in [1.29, 1.82) is 0 Å². The molecule has 0 saturated heterocycles. The summed E-state index contributed by atoms with van der Waals surface area (Å²) in [4.78, 5) is 0. The minimum absolute atomic E-state index is 0.123. The third-order valence-corrected chi connectivity index (χ3v) is 4.86. The Morgan fingerprint density at radius 1 is 1.29 bits per heavy atom. The molecule has 1 saturated carbocycles. The highest BCUT2D eigenvalue weighted by Gasteiger charge is 2.24. The van der Waals surface area contributed by atoms with Crippen LogP contribution in [-0.2, 0) is 10.0 Å². The topological polar surface area (TPSA) is 66.4 Å². The lowest BCUT2D eigenvalue weighted by Crippen LogP contribution is -2.40. The Morgan fingerprint density at radius 2 is 1.88 bits per heavy atom. The van der Waals surface area contributed by atoms with Crippen molar-refractivity contribution >= 4 is 10.0 Å². The van der Waals surface area contributed by atoms with Gasteiger partial charge in [-0.25, -0.2) is 13.1 Å². The highest BCUT2D eigenvalue weighted by atomic mass is 32.2. The van der Waals surface area contributed by atoms with Crippen LogP contribution in [0.5, 0.6) is 0 Å². The summed E-state index contributed by atoms with van der Waals surface area (Å²) in [5.41, 5.74) is 0. The maximum atomic E-state index is 11.9. The molecule has 1 aliphatic rings. The van der Waals surface area contributed by atoms with Crippen molar-refractivity contribution in [2.45, 2.75) is 52.0 Å². The Bertz CT molecular complexity index is 308. The summed E-state index contributed by atoms with van der Waals surface area (Å²) in [6, 6.07) is -0.332. The fourth-order valence-corrected chi connectivity index (χ4v) is 4.25. The van der Waals surface area contributed by atoms with Crippen molar-refractivity contribution in [1.82, 2.24) is 4.72 Å². The molecule has 2 N–H and O–H groups in total. The molecule has 0 aromatic heterocycles. The summed E-state index contributed by atoms with van der Waals surface area (Å²) < 4.78 is 26.5. The second kappa shape index (κ2) is 6.71. The van der Waals surface area contributed by atoms with Crippen LogP contribution in [0.25, 0.3) is 0 Å². The lowest BCUT2D eigenvalue weighted by atomic mass is 10.1. The predicted molar refractivity (Wildman–Crippen MR) is 69.2 cm³/mol. The lowest BCUT2D eigenvalue weighted by molar-refractivity contribution is 0.239. The third-order valence-electron chi connectivity index (χ3n) is 3.25. The fourth-order valence-electron chi connectivity index (χ4n) is 2.52. The largest absolute Gasteiger partial charge is 0.395 e. The molecule has 0 aliphatic heterocycles. The molecule has 0 bridgehead atoms. The van der Waals surface area contributed by atoms with E-state index in [1.165, 1.54) is 0 Å². The quantitative estimate of drug-likeness (QED) is 0.731. The predicted octanol–water partition coefficient (Wildman–Crippen LogP) is 1.50. The molecule has 102 valence electrons. The van der Waals surface area contributed by atoms with Gasteiger partial charge in [0.05, 0.1) is 12.4 Å². The maximum absolute atomic E-state index is 11.9. The molecule has 0 radical (unpaired) electrons. The standard InChI is InChI=1S/C12H25NO3S/c1-10(2)7-12(8-14)13-17(15,16)9-11-5-3-4-6-11/h10-14H,3-9H2,1-2H3. The first-order chi connectivity index (χ1) is 7.93. The van der Waals surface area contributed by atoms with Crippen LogP contribution in [0, 0.1) is 11.8 Å². The van der Waals surface area contributed by atoms with Crippen molar-refractivity contribution in [2.24, 2.45) is 11.8 Å². The zero-order valence-electron chi connectivity index (χ0n) is 10.9. The van der Waals surface area contributed by atoms with Gasteiger partial charge in [0.2, 0.25) is 10.0 Å². The van der Waals surface area contributed by atoms with Gasteiger partial charge in [-0.3, -0.25) is 0 Å². The van der Waals surface area contributed by atoms with Gasteiger partial charge >= 0.3 is 0 Å². The number of sulfonamides is 1. The highest BCUT2D eigenvalue weighted by molar-refractivity contribution is 7.89. The Balaban J connectivity index is 2.45. The van der Waals surface area contributed by atoms with E-state index in [2.05, 4.69) is 4.72 Å². The van der Waals surface area contributed by atoms with Gasteiger partial charge in [0, 0.05) is 6.04 Å². The van der Waals surface area contributed by atoms with E-state index in [4.69, 9.17) is 0 Å². The molecule has 5 heteroatoms. The van der Waals surface area contributed by atoms with Gasteiger partial charge < -0.3 is 5.11 Å². The van der Waals surface area contributed by atoms with E-state index in [9.17, 15) is 13.5 Å². The summed E-state index contributed by atoms with van der Waals surface area (Å²) >= 11 is 0. The molecular weight excluding hydrogens is 238 g/mol. The van der Waals surface area contributed by atoms with Crippen LogP contribution in [-0.4, -0.2) is 31.9 Å². The summed E-state index contributed by atoms with van der Waals surface area (Å²) in [5.74, 6) is 0.911. The molecule has 1 aliphatic carbocycles. The van der Waals surface area contributed by atoms with E-state index in [1.807, 2.05) is 13.8 Å². The van der Waals surface area contributed by atoms with E-state index in [1.54, 1.807) is 0 Å². The average Bonchev–Trinajstić information content (AvgIpc) is 2.67. The average molecular weight is 263 g/mol. The van der Waals surface area contributed by atoms with Crippen LogP contribution in [0.1, 0.15) is 46.0 Å². The molecule has 0 spiro atoms. The minimum Gasteiger partial charge on any atom is -0.395 e. The van der Waals surface area contributed by atoms with Crippen LogP contribution in [0.4, 0.5) is 0 Å². The maximum Gasteiger partial charge on any atom is 0.212 e. The number of aliphatic hydroxyl groups excluding tert-OH is 1. The number of nitrogens with one attached hydrogen (secondary N) is 1. The van der Waals surface area contributed by atoms with E-state index in [-0.39, 0.29) is 18.4 Å². The van der Waals surface area contributed by atoms with Crippen molar-refractivity contribution in [2.75, 3.05) is 12.4 Å². The SMILES string of the molecule is CC(C)CC(CO)NS(=O)(=O)CC1CCCC1. The van der Waals surface area contributed by atoms with Gasteiger partial charge in [-0.05, 0) is 31.1 Å². The smallest absolute Gasteiger partial charge is 0.212 e. The Kier molecular flexibility index (Phi) is 5.89. The molecule has 4 nitrogen and oxygen atoms in total. The number of rotatable bonds is 7. The molecule has 17 heavy (non-hydrogen) atoms. The normalized spacial score (nSPS) is 20.0. The molecule has 0 aromatic rings. The van der Waals surface area contributed by atoms with Crippen molar-refractivity contribution < 1.29 is 13.5 Å². The molecular formula is C12H25NO3S. The number of hydrogen-bond acceptors (Lipinski definition) is 3. The second-order valence-corrected chi connectivity index (χ2v) is 7.36. The minimum atomic E-state index is -3.23. The highest BCUT2D eigenvalue weighted by Crippen LogP contribution is 2.25. The number of aliphatic hydroxyl groups is 1. The van der Waals surface area contributed by atoms with E-state index < -0.39 is 10.0 Å². The van der Waals surface area contributed by atoms with E-state index >= 15 is 0 Å². The van der Waals surface area contributed by atoms with Crippen LogP contribution in [0.2, 0.25) is 0 Å². The summed E-state index contributed by atoms with van der Waals surface area (Å²) in [6.45, 7) is 3.92. The van der Waals surface area contributed by atoms with Gasteiger partial charge in [0.1, 0.15) is 0 Å². The number of hydrogen-bond donors (Lipinski definition) is 2. The van der Waals surface area contributed by atoms with Gasteiger partial charge in [-0.2, -0.15) is 0 Å². The summed E-state index contributed by atoms with van der Waals surface area (Å²) in [5, 5.41) is 9.17. The van der Waals surface area contributed by atoms with Crippen LogP contribution in [0.15, 0.2) is 0 Å². The molecule has 1 fully saturated rings. The zero-order valence-corrected chi connectivity index (χ0v) is 11.7. The Hall–Kier alpha value is -0.130. The van der Waals surface area contributed by atoms with Crippen LogP contribution < -0.4 is 4.72 Å². The van der Waals surface area contributed by atoms with Crippen molar-refractivity contribution in [3.8, 4) is 0 Å². The monoisotopic (exact) mass is 263 g/mol. The third kappa shape index (κ3) is 5.84. The first-order valence-corrected chi connectivity index (χ1v) is 8.19. The van der Waals surface area contributed by atoms with Gasteiger partial charge in [-0.15, -0.1) is 0 Å². The second-order valence-electron chi connectivity index (χ2n) is 5.56. The molecule has 1 rings (SSSR count). The van der Waals surface area contributed by atoms with Crippen LogP contribution in [0.3, 0.4) is 0 Å². The molecule has 1 unspecified atom stereocenters. The first kappa shape index (κ1) is 14.9. The molecule has 0 heterocycles. The van der Waals surface area contributed by atoms with Crippen molar-refractivity contribution in [3.63, 3.8) is 0 Å².